The Bertz CT molecular complexity index is 424. The van der Waals surface area contributed by atoms with E-state index in [-0.39, 0.29) is 11.3 Å². The summed E-state index contributed by atoms with van der Waals surface area (Å²) in [7, 11) is 0. The maximum atomic E-state index is 12.4. The molecule has 1 aliphatic heterocycles. The Balaban J connectivity index is 1.92. The number of hydrogen-bond acceptors (Lipinski definition) is 4. The van der Waals surface area contributed by atoms with Crippen molar-refractivity contribution in [1.29, 1.82) is 0 Å². The van der Waals surface area contributed by atoms with Gasteiger partial charge < -0.3 is 10.6 Å². The molecule has 1 aliphatic rings. The smallest absolute Gasteiger partial charge is 0.227 e. The van der Waals surface area contributed by atoms with Crippen molar-refractivity contribution >= 4 is 17.2 Å². The topological polar surface area (TPSA) is 54.0 Å². The number of rotatable bonds is 5. The molecule has 4 nitrogen and oxygen atoms in total. The van der Waals surface area contributed by atoms with Crippen LogP contribution in [0.15, 0.2) is 6.20 Å². The van der Waals surface area contributed by atoms with Gasteiger partial charge >= 0.3 is 0 Å². The third kappa shape index (κ3) is 3.34. The molecule has 1 aromatic rings. The van der Waals surface area contributed by atoms with Crippen LogP contribution in [0.3, 0.4) is 0 Å². The van der Waals surface area contributed by atoms with Gasteiger partial charge in [-0.2, -0.15) is 0 Å². The highest BCUT2D eigenvalue weighted by molar-refractivity contribution is 7.11. The maximum Gasteiger partial charge on any atom is 0.227 e. The Labute approximate surface area is 119 Å². The molecule has 0 saturated carbocycles. The zero-order valence-corrected chi connectivity index (χ0v) is 12.6. The van der Waals surface area contributed by atoms with Crippen LogP contribution in [0, 0.1) is 5.41 Å². The summed E-state index contributed by atoms with van der Waals surface area (Å²) >= 11 is 1.69. The lowest BCUT2D eigenvalue weighted by molar-refractivity contribution is -0.132. The summed E-state index contributed by atoms with van der Waals surface area (Å²) in [6.07, 6.45) is 5.88. The molecule has 1 atom stereocenters. The molecule has 0 aliphatic carbocycles. The van der Waals surface area contributed by atoms with E-state index in [1.54, 1.807) is 11.3 Å². The lowest BCUT2D eigenvalue weighted by Crippen LogP contribution is -2.50. The van der Waals surface area contributed by atoms with Gasteiger partial charge in [0, 0.05) is 17.6 Å². The van der Waals surface area contributed by atoms with Crippen molar-refractivity contribution in [3.8, 4) is 0 Å². The Hall–Kier alpha value is -0.940. The van der Waals surface area contributed by atoms with Crippen LogP contribution >= 0.6 is 11.3 Å². The van der Waals surface area contributed by atoms with Gasteiger partial charge in [0.1, 0.15) is 5.01 Å². The zero-order chi connectivity index (χ0) is 13.7. The normalized spacial score (nSPS) is 23.3. The first kappa shape index (κ1) is 14.5. The summed E-state index contributed by atoms with van der Waals surface area (Å²) < 4.78 is 0. The molecular weight excluding hydrogens is 258 g/mol. The number of hydrogen-bond donors (Lipinski definition) is 2. The number of aromatic nitrogens is 1. The number of thiazole rings is 1. The molecule has 2 N–H and O–H groups in total. The predicted molar refractivity (Wildman–Crippen MR) is 78.2 cm³/mol. The van der Waals surface area contributed by atoms with Gasteiger partial charge in [-0.05, 0) is 32.2 Å². The van der Waals surface area contributed by atoms with Crippen molar-refractivity contribution in [2.75, 3.05) is 13.1 Å². The van der Waals surface area contributed by atoms with Crippen LogP contribution in [0.4, 0.5) is 0 Å². The van der Waals surface area contributed by atoms with Crippen LogP contribution in [-0.4, -0.2) is 24.0 Å². The summed E-state index contributed by atoms with van der Waals surface area (Å²) in [5.41, 5.74) is -0.219. The van der Waals surface area contributed by atoms with Crippen molar-refractivity contribution in [2.45, 2.75) is 46.1 Å². The molecule has 19 heavy (non-hydrogen) atoms. The second kappa shape index (κ2) is 6.48. The first-order valence-electron chi connectivity index (χ1n) is 7.13. The molecule has 0 aromatic carbocycles. The molecule has 1 aromatic heterocycles. The standard InChI is InChI=1S/C14H23N3OS/c1-3-11-8-16-12(19-11)9-17-13(18)14(4-2)6-5-7-15-10-14/h8,15H,3-7,9-10H2,1-2H3,(H,17,18). The number of piperidine rings is 1. The van der Waals surface area contributed by atoms with Crippen LogP contribution in [0.2, 0.25) is 0 Å². The minimum atomic E-state index is -0.219. The van der Waals surface area contributed by atoms with E-state index in [1.165, 1.54) is 4.88 Å². The molecule has 1 fully saturated rings. The van der Waals surface area contributed by atoms with E-state index in [9.17, 15) is 4.79 Å². The lowest BCUT2D eigenvalue weighted by atomic mass is 9.77. The number of nitrogens with one attached hydrogen (secondary N) is 2. The average Bonchev–Trinajstić information content (AvgIpc) is 2.93. The van der Waals surface area contributed by atoms with Crippen molar-refractivity contribution in [2.24, 2.45) is 5.41 Å². The maximum absolute atomic E-state index is 12.4. The Kier molecular flexibility index (Phi) is 4.93. The summed E-state index contributed by atoms with van der Waals surface area (Å²) in [5, 5.41) is 7.41. The fraction of sp³-hybridized carbons (Fsp3) is 0.714. The van der Waals surface area contributed by atoms with Crippen molar-refractivity contribution in [1.82, 2.24) is 15.6 Å². The largest absolute Gasteiger partial charge is 0.349 e. The predicted octanol–water partition coefficient (Wildman–Crippen LogP) is 2.10. The Morgan fingerprint density at radius 3 is 3.00 bits per heavy atom. The minimum absolute atomic E-state index is 0.176. The van der Waals surface area contributed by atoms with Crippen molar-refractivity contribution in [3.63, 3.8) is 0 Å². The average molecular weight is 281 g/mol. The number of amides is 1. The van der Waals surface area contributed by atoms with Crippen molar-refractivity contribution in [3.05, 3.63) is 16.1 Å². The van der Waals surface area contributed by atoms with Gasteiger partial charge in [-0.25, -0.2) is 4.98 Å². The molecule has 0 bridgehead atoms. The molecule has 2 rings (SSSR count). The number of aryl methyl sites for hydroxylation is 1. The molecule has 106 valence electrons. The summed E-state index contributed by atoms with van der Waals surface area (Å²) in [4.78, 5) is 18.0. The van der Waals surface area contributed by atoms with Gasteiger partial charge in [0.05, 0.1) is 12.0 Å². The summed E-state index contributed by atoms with van der Waals surface area (Å²) in [5.74, 6) is 0.176. The van der Waals surface area contributed by atoms with Crippen LogP contribution in [0.5, 0.6) is 0 Å². The molecule has 0 spiro atoms. The van der Waals surface area contributed by atoms with Crippen LogP contribution in [-0.2, 0) is 17.8 Å². The fourth-order valence-corrected chi connectivity index (χ4v) is 3.36. The van der Waals surface area contributed by atoms with Gasteiger partial charge in [0.2, 0.25) is 5.91 Å². The highest BCUT2D eigenvalue weighted by Crippen LogP contribution is 2.30. The minimum Gasteiger partial charge on any atom is -0.349 e. The molecular formula is C14H23N3OS. The van der Waals surface area contributed by atoms with Crippen LogP contribution in [0.25, 0.3) is 0 Å². The van der Waals surface area contributed by atoms with Crippen LogP contribution < -0.4 is 10.6 Å². The van der Waals surface area contributed by atoms with E-state index in [4.69, 9.17) is 0 Å². The number of carbonyl (C=O) groups is 1. The molecule has 1 saturated heterocycles. The number of carbonyl (C=O) groups excluding carboxylic acids is 1. The molecule has 0 radical (unpaired) electrons. The van der Waals surface area contributed by atoms with E-state index >= 15 is 0 Å². The van der Waals surface area contributed by atoms with Gasteiger partial charge in [0.25, 0.3) is 0 Å². The van der Waals surface area contributed by atoms with Gasteiger partial charge in [-0.3, -0.25) is 4.79 Å². The first-order valence-corrected chi connectivity index (χ1v) is 7.94. The molecule has 5 heteroatoms. The van der Waals surface area contributed by atoms with Crippen molar-refractivity contribution < 1.29 is 4.79 Å². The summed E-state index contributed by atoms with van der Waals surface area (Å²) in [6.45, 7) is 6.61. The third-order valence-corrected chi connectivity index (χ3v) is 5.12. The molecule has 2 heterocycles. The highest BCUT2D eigenvalue weighted by atomic mass is 32.1. The molecule has 1 amide bonds. The quantitative estimate of drug-likeness (QED) is 0.869. The third-order valence-electron chi connectivity index (χ3n) is 3.98. The highest BCUT2D eigenvalue weighted by Gasteiger charge is 2.37. The zero-order valence-electron chi connectivity index (χ0n) is 11.8. The second-order valence-corrected chi connectivity index (χ2v) is 6.37. The van der Waals surface area contributed by atoms with Gasteiger partial charge in [-0.15, -0.1) is 11.3 Å². The Morgan fingerprint density at radius 1 is 1.58 bits per heavy atom. The summed E-state index contributed by atoms with van der Waals surface area (Å²) in [6, 6.07) is 0. The van der Waals surface area contributed by atoms with E-state index < -0.39 is 0 Å². The van der Waals surface area contributed by atoms with Gasteiger partial charge in [-0.1, -0.05) is 13.8 Å². The fourth-order valence-electron chi connectivity index (χ4n) is 2.56. The first-order chi connectivity index (χ1) is 9.20. The monoisotopic (exact) mass is 281 g/mol. The van der Waals surface area contributed by atoms with E-state index in [2.05, 4.69) is 29.5 Å². The Morgan fingerprint density at radius 2 is 2.42 bits per heavy atom. The SMILES string of the molecule is CCc1cnc(CNC(=O)C2(CC)CCCNC2)s1. The van der Waals surface area contributed by atoms with E-state index in [0.717, 1.165) is 43.8 Å². The lowest BCUT2D eigenvalue weighted by Gasteiger charge is -2.35. The van der Waals surface area contributed by atoms with E-state index in [0.29, 0.717) is 6.54 Å². The molecule has 1 unspecified atom stereocenters. The van der Waals surface area contributed by atoms with Crippen LogP contribution in [0.1, 0.15) is 43.0 Å². The second-order valence-electron chi connectivity index (χ2n) is 5.17. The van der Waals surface area contributed by atoms with Gasteiger partial charge in [0.15, 0.2) is 0 Å². The number of nitrogens with zero attached hydrogens (tertiary/aromatic N) is 1. The van der Waals surface area contributed by atoms with E-state index in [1.807, 2.05) is 6.20 Å².